The summed E-state index contributed by atoms with van der Waals surface area (Å²) in [5.41, 5.74) is 2.36. The highest BCUT2D eigenvalue weighted by Gasteiger charge is 2.35. The lowest BCUT2D eigenvalue weighted by atomic mass is 10.0. The number of aromatic nitrogens is 8. The summed E-state index contributed by atoms with van der Waals surface area (Å²) in [6.07, 6.45) is -3.60. The number of benzene rings is 1. The highest BCUT2D eigenvalue weighted by molar-refractivity contribution is 6.29. The Labute approximate surface area is 224 Å². The summed E-state index contributed by atoms with van der Waals surface area (Å²) in [5.74, 6) is 0.634. The number of nitrogens with zero attached hydrogens (tertiary/aromatic N) is 8. The van der Waals surface area contributed by atoms with Gasteiger partial charge in [-0.25, -0.2) is 15.0 Å². The minimum atomic E-state index is -4.60. The van der Waals surface area contributed by atoms with Crippen molar-refractivity contribution in [1.82, 2.24) is 40.0 Å². The van der Waals surface area contributed by atoms with Crippen LogP contribution in [0, 0.1) is 6.92 Å². The zero-order valence-corrected chi connectivity index (χ0v) is 21.5. The molecule has 4 aromatic heterocycles. The summed E-state index contributed by atoms with van der Waals surface area (Å²) in [6.45, 7) is 5.69. The molecule has 0 unspecified atom stereocenters. The Kier molecular flexibility index (Phi) is 6.22. The van der Waals surface area contributed by atoms with Gasteiger partial charge in [-0.05, 0) is 42.8 Å². The SMILES string of the molecule is Cc1cc([C@@H](C)Nc2ccc(Cl)nc2-c2nn[nH]n2)c2nc(N3CCOCC3)n3cc(C(F)(F)F)nc3c2c1. The minimum Gasteiger partial charge on any atom is -0.378 e. The van der Waals surface area contributed by atoms with Crippen LogP contribution in [0.4, 0.5) is 24.8 Å². The molecule has 1 aromatic carbocycles. The monoisotopic (exact) mass is 558 g/mol. The molecule has 0 radical (unpaired) electrons. The first-order valence-corrected chi connectivity index (χ1v) is 12.5. The Morgan fingerprint density at radius 1 is 1.13 bits per heavy atom. The first kappa shape index (κ1) is 25.2. The third kappa shape index (κ3) is 4.69. The molecule has 2 N–H and O–H groups in total. The van der Waals surface area contributed by atoms with Crippen LogP contribution in [0.2, 0.25) is 5.15 Å². The van der Waals surface area contributed by atoms with Crippen molar-refractivity contribution in [3.63, 3.8) is 0 Å². The Bertz CT molecular complexity index is 1670. The Morgan fingerprint density at radius 3 is 2.64 bits per heavy atom. The zero-order chi connectivity index (χ0) is 27.3. The van der Waals surface area contributed by atoms with Crippen LogP contribution in [0.3, 0.4) is 0 Å². The number of halogens is 4. The molecule has 0 bridgehead atoms. The number of fused-ring (bicyclic) bond motifs is 3. The molecular weight excluding hydrogens is 537 g/mol. The van der Waals surface area contributed by atoms with E-state index in [0.717, 1.165) is 17.3 Å². The van der Waals surface area contributed by atoms with E-state index in [9.17, 15) is 13.2 Å². The van der Waals surface area contributed by atoms with Crippen LogP contribution >= 0.6 is 11.6 Å². The number of imidazole rings is 1. The summed E-state index contributed by atoms with van der Waals surface area (Å²) in [5, 5.41) is 18.2. The highest BCUT2D eigenvalue weighted by atomic mass is 35.5. The molecule has 15 heteroatoms. The molecule has 6 rings (SSSR count). The average molecular weight is 559 g/mol. The van der Waals surface area contributed by atoms with Crippen molar-refractivity contribution in [3.8, 4) is 11.5 Å². The van der Waals surface area contributed by atoms with Crippen LogP contribution in [-0.2, 0) is 10.9 Å². The van der Waals surface area contributed by atoms with Crippen LogP contribution in [0.1, 0.15) is 29.8 Å². The second-order valence-electron chi connectivity index (χ2n) is 9.21. The lowest BCUT2D eigenvalue weighted by Crippen LogP contribution is -2.38. The molecule has 0 saturated carbocycles. The number of anilines is 2. The molecule has 39 heavy (non-hydrogen) atoms. The number of tetrazole rings is 1. The summed E-state index contributed by atoms with van der Waals surface area (Å²) in [6, 6.07) is 6.79. The van der Waals surface area contributed by atoms with E-state index in [0.29, 0.717) is 54.5 Å². The number of aromatic amines is 1. The van der Waals surface area contributed by atoms with Gasteiger partial charge in [0.1, 0.15) is 16.5 Å². The van der Waals surface area contributed by atoms with Gasteiger partial charge in [-0.2, -0.15) is 18.4 Å². The molecule has 5 heterocycles. The van der Waals surface area contributed by atoms with E-state index in [1.807, 2.05) is 24.8 Å². The van der Waals surface area contributed by atoms with Gasteiger partial charge in [-0.3, -0.25) is 4.40 Å². The lowest BCUT2D eigenvalue weighted by molar-refractivity contribution is -0.140. The number of ether oxygens (including phenoxy) is 1. The van der Waals surface area contributed by atoms with Gasteiger partial charge in [0.2, 0.25) is 11.8 Å². The third-order valence-corrected chi connectivity index (χ3v) is 6.71. The van der Waals surface area contributed by atoms with E-state index in [2.05, 4.69) is 35.9 Å². The van der Waals surface area contributed by atoms with Crippen LogP contribution < -0.4 is 10.2 Å². The fraction of sp³-hybridized carbons (Fsp3) is 0.333. The van der Waals surface area contributed by atoms with E-state index in [-0.39, 0.29) is 22.7 Å². The van der Waals surface area contributed by atoms with Crippen LogP contribution in [0.5, 0.6) is 0 Å². The van der Waals surface area contributed by atoms with Gasteiger partial charge in [-0.15, -0.1) is 10.2 Å². The van der Waals surface area contributed by atoms with Crippen molar-refractivity contribution in [3.05, 3.63) is 52.4 Å². The largest absolute Gasteiger partial charge is 0.434 e. The number of hydrogen-bond donors (Lipinski definition) is 2. The quantitative estimate of drug-likeness (QED) is 0.301. The molecule has 1 fully saturated rings. The van der Waals surface area contributed by atoms with E-state index in [1.54, 1.807) is 18.2 Å². The molecule has 1 aliphatic heterocycles. The Hall–Kier alpha value is -4.04. The van der Waals surface area contributed by atoms with Crippen molar-refractivity contribution in [1.29, 1.82) is 0 Å². The van der Waals surface area contributed by atoms with Gasteiger partial charge in [0, 0.05) is 30.2 Å². The summed E-state index contributed by atoms with van der Waals surface area (Å²) >= 11 is 6.13. The number of nitrogens with one attached hydrogen (secondary N) is 2. The van der Waals surface area contributed by atoms with E-state index in [4.69, 9.17) is 21.3 Å². The fourth-order valence-electron chi connectivity index (χ4n) is 4.73. The van der Waals surface area contributed by atoms with Gasteiger partial charge in [0.15, 0.2) is 5.69 Å². The van der Waals surface area contributed by atoms with Crippen molar-refractivity contribution in [2.24, 2.45) is 0 Å². The molecule has 0 spiro atoms. The fourth-order valence-corrected chi connectivity index (χ4v) is 4.87. The van der Waals surface area contributed by atoms with E-state index < -0.39 is 11.9 Å². The molecule has 11 nitrogen and oxygen atoms in total. The number of hydrogen-bond acceptors (Lipinski definition) is 9. The van der Waals surface area contributed by atoms with Crippen molar-refractivity contribution in [2.75, 3.05) is 36.5 Å². The topological polar surface area (TPSA) is 122 Å². The summed E-state index contributed by atoms with van der Waals surface area (Å²) < 4.78 is 48.1. The van der Waals surface area contributed by atoms with Gasteiger partial charge < -0.3 is 15.0 Å². The maximum atomic E-state index is 13.7. The maximum absolute atomic E-state index is 13.7. The molecular formula is C24H22ClF3N10O. The third-order valence-electron chi connectivity index (χ3n) is 6.50. The number of alkyl halides is 3. The first-order chi connectivity index (χ1) is 18.7. The van der Waals surface area contributed by atoms with Gasteiger partial charge in [0.25, 0.3) is 0 Å². The summed E-state index contributed by atoms with van der Waals surface area (Å²) in [4.78, 5) is 15.2. The number of aryl methyl sites for hydroxylation is 1. The summed E-state index contributed by atoms with van der Waals surface area (Å²) in [7, 11) is 0. The van der Waals surface area contributed by atoms with Crippen LogP contribution in [0.25, 0.3) is 28.1 Å². The average Bonchev–Trinajstić information content (AvgIpc) is 3.60. The van der Waals surface area contributed by atoms with Crippen molar-refractivity contribution >= 4 is 39.8 Å². The van der Waals surface area contributed by atoms with Gasteiger partial charge >= 0.3 is 6.18 Å². The predicted molar refractivity (Wildman–Crippen MR) is 138 cm³/mol. The van der Waals surface area contributed by atoms with E-state index >= 15 is 0 Å². The smallest absolute Gasteiger partial charge is 0.378 e. The van der Waals surface area contributed by atoms with Crippen LogP contribution in [0.15, 0.2) is 30.5 Å². The number of morpholine rings is 1. The minimum absolute atomic E-state index is 0.187. The number of rotatable bonds is 5. The van der Waals surface area contributed by atoms with Crippen molar-refractivity contribution in [2.45, 2.75) is 26.1 Å². The standard InChI is InChI=1S/C24H22ClF3N10O/c1-12-9-14(13(2)29-16-3-4-18(25)31-20(16)21-33-35-36-34-21)19-15(10-12)22-30-17(24(26,27)28)11-38(22)23(32-19)37-5-7-39-8-6-37/h3-4,9-11,13,29H,5-8H2,1-2H3,(H,33,34,35,36)/t13-/m1/s1. The molecule has 1 atom stereocenters. The highest BCUT2D eigenvalue weighted by Crippen LogP contribution is 2.36. The molecule has 5 aromatic rings. The number of H-pyrrole nitrogens is 1. The molecule has 0 aliphatic carbocycles. The second kappa shape index (κ2) is 9.61. The number of pyridine rings is 1. The maximum Gasteiger partial charge on any atom is 0.434 e. The zero-order valence-electron chi connectivity index (χ0n) is 20.8. The first-order valence-electron chi connectivity index (χ1n) is 12.1. The van der Waals surface area contributed by atoms with Gasteiger partial charge in [-0.1, -0.05) is 17.7 Å². The molecule has 202 valence electrons. The normalized spacial score (nSPS) is 15.3. The molecule has 1 aliphatic rings. The lowest BCUT2D eigenvalue weighted by Gasteiger charge is -2.29. The van der Waals surface area contributed by atoms with E-state index in [1.165, 1.54) is 4.40 Å². The Morgan fingerprint density at radius 2 is 1.92 bits per heavy atom. The second-order valence-corrected chi connectivity index (χ2v) is 9.60. The molecule has 0 amide bonds. The predicted octanol–water partition coefficient (Wildman–Crippen LogP) is 4.45. The van der Waals surface area contributed by atoms with Crippen molar-refractivity contribution < 1.29 is 17.9 Å². The van der Waals surface area contributed by atoms with Crippen LogP contribution in [-0.4, -0.2) is 66.3 Å². The van der Waals surface area contributed by atoms with Gasteiger partial charge in [0.05, 0.1) is 30.5 Å². The molecule has 1 saturated heterocycles. The Balaban J connectivity index is 1.52.